The maximum atomic E-state index is 13.3. The van der Waals surface area contributed by atoms with Crippen LogP contribution >= 0.6 is 11.3 Å². The Morgan fingerprint density at radius 1 is 1.19 bits per heavy atom. The van der Waals surface area contributed by atoms with E-state index in [4.69, 9.17) is 15.7 Å². The molecule has 1 atom stereocenters. The molecule has 4 aromatic rings. The van der Waals surface area contributed by atoms with E-state index in [1.165, 1.54) is 23.5 Å². The Morgan fingerprint density at radius 2 is 1.97 bits per heavy atom. The quantitative estimate of drug-likeness (QED) is 0.499. The molecule has 0 aliphatic carbocycles. The van der Waals surface area contributed by atoms with Crippen molar-refractivity contribution in [2.45, 2.75) is 19.4 Å². The first-order valence-electron chi connectivity index (χ1n) is 10.4. The second kappa shape index (κ2) is 8.33. The fourth-order valence-corrected chi connectivity index (χ4v) is 4.79. The number of nitrogens with zero attached hydrogens (tertiary/aromatic N) is 5. The average molecular weight is 438 g/mol. The molecule has 1 aliphatic heterocycles. The van der Waals surface area contributed by atoms with E-state index in [1.807, 2.05) is 17.8 Å². The third-order valence-corrected chi connectivity index (χ3v) is 6.53. The van der Waals surface area contributed by atoms with Gasteiger partial charge in [-0.15, -0.1) is 11.3 Å². The van der Waals surface area contributed by atoms with Gasteiger partial charge in [0.1, 0.15) is 16.6 Å². The summed E-state index contributed by atoms with van der Waals surface area (Å²) in [7, 11) is 0. The van der Waals surface area contributed by atoms with Crippen molar-refractivity contribution in [2.75, 3.05) is 31.1 Å². The molecule has 0 radical (unpaired) electrons. The van der Waals surface area contributed by atoms with Gasteiger partial charge in [-0.2, -0.15) is 0 Å². The Bertz CT molecular complexity index is 1190. The first-order valence-corrected chi connectivity index (χ1v) is 11.3. The molecule has 31 heavy (non-hydrogen) atoms. The highest BCUT2D eigenvalue weighted by molar-refractivity contribution is 7.10. The number of nitrogens with one attached hydrogen (secondary N) is 1. The highest BCUT2D eigenvalue weighted by Crippen LogP contribution is 2.30. The number of halogens is 1. The molecule has 1 saturated heterocycles. The Morgan fingerprint density at radius 3 is 2.71 bits per heavy atom. The van der Waals surface area contributed by atoms with E-state index in [2.05, 4.69) is 26.5 Å². The third kappa shape index (κ3) is 3.80. The Hall–Kier alpha value is -2.88. The number of aryl methyl sites for hydroxylation is 1. The zero-order valence-electron chi connectivity index (χ0n) is 17.3. The molecule has 7 nitrogen and oxygen atoms in total. The van der Waals surface area contributed by atoms with Crippen molar-refractivity contribution in [3.05, 3.63) is 64.3 Å². The van der Waals surface area contributed by atoms with Crippen LogP contribution in [0.4, 0.5) is 10.2 Å². The molecule has 1 aromatic carbocycles. The summed E-state index contributed by atoms with van der Waals surface area (Å²) in [6.07, 6.45) is 4.62. The molecule has 3 N–H and O–H groups in total. The zero-order valence-corrected chi connectivity index (χ0v) is 18.1. The summed E-state index contributed by atoms with van der Waals surface area (Å²) in [5.74, 6) is 0.664. The van der Waals surface area contributed by atoms with Crippen LogP contribution in [0.5, 0.6) is 0 Å². The molecule has 3 aromatic heterocycles. The van der Waals surface area contributed by atoms with Gasteiger partial charge in [-0.05, 0) is 30.7 Å². The highest BCUT2D eigenvalue weighted by Gasteiger charge is 2.23. The number of nitrogens with two attached hydrogens (primary N) is 1. The minimum atomic E-state index is -0.414. The van der Waals surface area contributed by atoms with E-state index in [9.17, 15) is 4.39 Å². The number of hydrogen-bond acceptors (Lipinski definition) is 7. The first-order chi connectivity index (χ1) is 15.1. The molecule has 9 heteroatoms. The number of thiazole rings is 1. The number of fused-ring (bicyclic) bond motifs is 1. The molecule has 0 amide bonds. The number of piperazine rings is 1. The van der Waals surface area contributed by atoms with Crippen LogP contribution in [0.15, 0.2) is 42.0 Å². The summed E-state index contributed by atoms with van der Waals surface area (Å²) in [4.78, 5) is 16.4. The van der Waals surface area contributed by atoms with Gasteiger partial charge in [0.25, 0.3) is 0 Å². The first kappa shape index (κ1) is 20.0. The minimum absolute atomic E-state index is 0.261. The van der Waals surface area contributed by atoms with Gasteiger partial charge in [0.15, 0.2) is 5.65 Å². The maximum Gasteiger partial charge on any atom is 0.156 e. The molecule has 4 heterocycles. The van der Waals surface area contributed by atoms with Gasteiger partial charge in [-0.1, -0.05) is 6.92 Å². The molecule has 1 aliphatic rings. The number of anilines is 1. The molecule has 1 unspecified atom stereocenters. The fourth-order valence-electron chi connectivity index (χ4n) is 3.96. The predicted octanol–water partition coefficient (Wildman–Crippen LogP) is 3.01. The van der Waals surface area contributed by atoms with Crippen molar-refractivity contribution >= 4 is 22.8 Å². The zero-order chi connectivity index (χ0) is 21.4. The van der Waals surface area contributed by atoms with E-state index in [-0.39, 0.29) is 5.82 Å². The van der Waals surface area contributed by atoms with Gasteiger partial charge in [0, 0.05) is 37.1 Å². The van der Waals surface area contributed by atoms with Crippen LogP contribution in [0, 0.1) is 5.82 Å². The molecular weight excluding hydrogens is 413 g/mol. The second-order valence-electron chi connectivity index (χ2n) is 7.56. The molecular formula is C22H24FN7S. The number of rotatable bonds is 5. The number of imidazole rings is 1. The predicted molar refractivity (Wildman–Crippen MR) is 121 cm³/mol. The average Bonchev–Trinajstić information content (AvgIpc) is 3.44. The van der Waals surface area contributed by atoms with Gasteiger partial charge < -0.3 is 16.0 Å². The van der Waals surface area contributed by atoms with Gasteiger partial charge >= 0.3 is 0 Å². The van der Waals surface area contributed by atoms with Crippen LogP contribution in [-0.2, 0) is 6.42 Å². The molecule has 160 valence electrons. The standard InChI is InChI=1S/C22H24FN7S/c1-2-16-21(20(24)22-28-17(13-31-22)14-3-5-15(23)6-4-14)30-12-19(26-11-18(30)27-16)29-9-7-25-8-10-29/h3-6,11-13,20,25H,2,7-10,24H2,1H3. The smallest absolute Gasteiger partial charge is 0.156 e. The molecule has 1 fully saturated rings. The van der Waals surface area contributed by atoms with Crippen LogP contribution in [0.1, 0.15) is 29.4 Å². The lowest BCUT2D eigenvalue weighted by molar-refractivity contribution is 0.584. The molecule has 0 spiro atoms. The van der Waals surface area contributed by atoms with Crippen molar-refractivity contribution in [2.24, 2.45) is 5.73 Å². The van der Waals surface area contributed by atoms with Crippen molar-refractivity contribution < 1.29 is 4.39 Å². The number of aromatic nitrogens is 4. The molecule has 0 bridgehead atoms. The number of hydrogen-bond donors (Lipinski definition) is 2. The summed E-state index contributed by atoms with van der Waals surface area (Å²) < 4.78 is 15.3. The largest absolute Gasteiger partial charge is 0.353 e. The third-order valence-electron chi connectivity index (χ3n) is 5.61. The van der Waals surface area contributed by atoms with Crippen molar-refractivity contribution in [1.82, 2.24) is 24.7 Å². The summed E-state index contributed by atoms with van der Waals surface area (Å²) in [6, 6.07) is 5.94. The summed E-state index contributed by atoms with van der Waals surface area (Å²) in [5.41, 5.74) is 11.1. The van der Waals surface area contributed by atoms with Gasteiger partial charge in [-0.25, -0.2) is 19.3 Å². The summed E-state index contributed by atoms with van der Waals surface area (Å²) in [6.45, 7) is 5.81. The Labute approximate surface area is 183 Å². The lowest BCUT2D eigenvalue weighted by atomic mass is 10.1. The van der Waals surface area contributed by atoms with E-state index in [0.717, 1.165) is 71.7 Å². The van der Waals surface area contributed by atoms with Crippen LogP contribution in [0.3, 0.4) is 0 Å². The van der Waals surface area contributed by atoms with Crippen molar-refractivity contribution in [1.29, 1.82) is 0 Å². The molecule has 5 rings (SSSR count). The van der Waals surface area contributed by atoms with Gasteiger partial charge in [0.05, 0.1) is 35.5 Å². The second-order valence-corrected chi connectivity index (χ2v) is 8.45. The lowest BCUT2D eigenvalue weighted by Crippen LogP contribution is -2.44. The normalized spacial score (nSPS) is 15.5. The Kier molecular flexibility index (Phi) is 5.39. The van der Waals surface area contributed by atoms with E-state index in [0.29, 0.717) is 0 Å². The summed E-state index contributed by atoms with van der Waals surface area (Å²) in [5, 5.41) is 6.13. The van der Waals surface area contributed by atoms with Crippen LogP contribution in [0.25, 0.3) is 16.9 Å². The van der Waals surface area contributed by atoms with Crippen molar-refractivity contribution in [3.8, 4) is 11.3 Å². The van der Waals surface area contributed by atoms with Crippen LogP contribution < -0.4 is 16.0 Å². The van der Waals surface area contributed by atoms with E-state index in [1.54, 1.807) is 12.1 Å². The number of benzene rings is 1. The fraction of sp³-hybridized carbons (Fsp3) is 0.318. The SMILES string of the molecule is CCc1nc2cnc(N3CCNCC3)cn2c1C(N)c1nc(-c2ccc(F)cc2)cs1. The monoisotopic (exact) mass is 437 g/mol. The topological polar surface area (TPSA) is 84.4 Å². The molecule has 0 saturated carbocycles. The Balaban J connectivity index is 1.53. The lowest BCUT2D eigenvalue weighted by Gasteiger charge is -2.28. The maximum absolute atomic E-state index is 13.3. The van der Waals surface area contributed by atoms with Gasteiger partial charge in [-0.3, -0.25) is 4.40 Å². The van der Waals surface area contributed by atoms with Crippen LogP contribution in [0.2, 0.25) is 0 Å². The van der Waals surface area contributed by atoms with E-state index < -0.39 is 6.04 Å². The highest BCUT2D eigenvalue weighted by atomic mass is 32.1. The minimum Gasteiger partial charge on any atom is -0.353 e. The summed E-state index contributed by atoms with van der Waals surface area (Å²) >= 11 is 1.51. The van der Waals surface area contributed by atoms with Crippen molar-refractivity contribution in [3.63, 3.8) is 0 Å². The van der Waals surface area contributed by atoms with E-state index >= 15 is 0 Å². The van der Waals surface area contributed by atoms with Crippen LogP contribution in [-0.4, -0.2) is 45.5 Å². The van der Waals surface area contributed by atoms with Gasteiger partial charge in [0.2, 0.25) is 0 Å².